The van der Waals surface area contributed by atoms with E-state index in [1.54, 1.807) is 7.05 Å². The lowest BCUT2D eigenvalue weighted by molar-refractivity contribution is -0.137. The summed E-state index contributed by atoms with van der Waals surface area (Å²) in [6, 6.07) is 6.33. The Morgan fingerprint density at radius 2 is 1.92 bits per heavy atom. The van der Waals surface area contributed by atoms with E-state index < -0.39 is 0 Å². The number of nitrogens with one attached hydrogen (secondary N) is 1. The van der Waals surface area contributed by atoms with Crippen LogP contribution in [0.25, 0.3) is 0 Å². The first-order valence-corrected chi connectivity index (χ1v) is 9.43. The molecule has 4 nitrogen and oxygen atoms in total. The first-order valence-electron chi connectivity index (χ1n) is 9.43. The van der Waals surface area contributed by atoms with Crippen molar-refractivity contribution in [3.05, 3.63) is 41.2 Å². The number of rotatable bonds is 6. The van der Waals surface area contributed by atoms with Gasteiger partial charge in [0.25, 0.3) is 0 Å². The average Bonchev–Trinajstić information content (AvgIpc) is 2.70. The molecule has 4 rings (SSSR count). The molecule has 0 atom stereocenters. The molecule has 0 aromatic heterocycles. The van der Waals surface area contributed by atoms with Crippen molar-refractivity contribution in [3.8, 4) is 5.75 Å². The lowest BCUT2D eigenvalue weighted by Crippen LogP contribution is -2.51. The van der Waals surface area contributed by atoms with Crippen molar-refractivity contribution < 1.29 is 13.9 Å². The van der Waals surface area contributed by atoms with Gasteiger partial charge in [0.1, 0.15) is 12.4 Å². The summed E-state index contributed by atoms with van der Waals surface area (Å²) in [5, 5.41) is 2.86. The summed E-state index contributed by atoms with van der Waals surface area (Å²) in [4.78, 5) is 12.3. The van der Waals surface area contributed by atoms with Gasteiger partial charge in [-0.15, -0.1) is 0 Å². The Hall–Kier alpha value is -1.88. The summed E-state index contributed by atoms with van der Waals surface area (Å²) < 4.78 is 18.4. The molecule has 3 saturated carbocycles. The molecule has 26 heavy (non-hydrogen) atoms. The summed E-state index contributed by atoms with van der Waals surface area (Å²) in [6.45, 7) is 2.36. The highest BCUT2D eigenvalue weighted by Crippen LogP contribution is 2.58. The average molecular weight is 360 g/mol. The smallest absolute Gasteiger partial charge is 0.225 e. The van der Waals surface area contributed by atoms with Crippen LogP contribution < -0.4 is 15.8 Å². The van der Waals surface area contributed by atoms with Crippen LogP contribution in [0.15, 0.2) is 30.1 Å². The van der Waals surface area contributed by atoms with E-state index >= 15 is 0 Å². The molecule has 3 fully saturated rings. The van der Waals surface area contributed by atoms with E-state index in [-0.39, 0.29) is 29.9 Å². The predicted molar refractivity (Wildman–Crippen MR) is 101 cm³/mol. The topological polar surface area (TPSA) is 64.3 Å². The Balaban J connectivity index is 1.73. The first kappa shape index (κ1) is 18.9. The number of aryl methyl sites for hydroxylation is 1. The summed E-state index contributed by atoms with van der Waals surface area (Å²) in [7, 11) is 1.74. The second-order valence-electron chi connectivity index (χ2n) is 7.88. The molecule has 1 amide bonds. The molecule has 0 saturated heterocycles. The highest BCUT2D eigenvalue weighted by molar-refractivity contribution is 5.82. The summed E-state index contributed by atoms with van der Waals surface area (Å²) in [6.07, 6.45) is 6.58. The minimum Gasteiger partial charge on any atom is -0.489 e. The van der Waals surface area contributed by atoms with Crippen LogP contribution in [0.5, 0.6) is 5.75 Å². The van der Waals surface area contributed by atoms with Crippen LogP contribution in [0.2, 0.25) is 0 Å². The molecule has 0 spiro atoms. The fourth-order valence-corrected chi connectivity index (χ4v) is 4.67. The SMILES string of the molecule is CNC(=O)C12CCC(c3ccc(OC/C(=C\F)CN)c(C)c3)(CC1)CC2. The Morgan fingerprint density at radius 1 is 1.27 bits per heavy atom. The van der Waals surface area contributed by atoms with Gasteiger partial charge in [-0.25, -0.2) is 4.39 Å². The Labute approximate surface area is 155 Å². The second kappa shape index (κ2) is 7.39. The molecular weight excluding hydrogens is 331 g/mol. The molecular formula is C21H29FN2O2. The molecule has 0 aliphatic heterocycles. The van der Waals surface area contributed by atoms with Gasteiger partial charge in [0.05, 0.1) is 6.33 Å². The number of hydrogen-bond acceptors (Lipinski definition) is 3. The van der Waals surface area contributed by atoms with Gasteiger partial charge in [0.2, 0.25) is 5.91 Å². The molecule has 3 aliphatic carbocycles. The van der Waals surface area contributed by atoms with Gasteiger partial charge in [-0.1, -0.05) is 12.1 Å². The van der Waals surface area contributed by atoms with E-state index in [1.165, 1.54) is 5.56 Å². The van der Waals surface area contributed by atoms with E-state index in [9.17, 15) is 9.18 Å². The number of benzene rings is 1. The van der Waals surface area contributed by atoms with Crippen molar-refractivity contribution in [2.75, 3.05) is 20.2 Å². The first-order chi connectivity index (χ1) is 12.5. The number of carbonyl (C=O) groups excluding carboxylic acids is 1. The van der Waals surface area contributed by atoms with Crippen molar-refractivity contribution in [2.24, 2.45) is 11.1 Å². The summed E-state index contributed by atoms with van der Waals surface area (Å²) >= 11 is 0. The fraction of sp³-hybridized carbons (Fsp3) is 0.571. The lowest BCUT2D eigenvalue weighted by atomic mass is 9.51. The Kier molecular flexibility index (Phi) is 5.37. The lowest BCUT2D eigenvalue weighted by Gasteiger charge is -2.52. The molecule has 3 aliphatic rings. The van der Waals surface area contributed by atoms with E-state index in [4.69, 9.17) is 10.5 Å². The van der Waals surface area contributed by atoms with Gasteiger partial charge < -0.3 is 15.8 Å². The maximum atomic E-state index is 12.6. The van der Waals surface area contributed by atoms with Gasteiger partial charge in [-0.05, 0) is 68.1 Å². The van der Waals surface area contributed by atoms with Crippen molar-refractivity contribution in [1.82, 2.24) is 5.32 Å². The number of hydrogen-bond donors (Lipinski definition) is 2. The van der Waals surface area contributed by atoms with E-state index in [0.717, 1.165) is 49.8 Å². The van der Waals surface area contributed by atoms with Gasteiger partial charge in [0.15, 0.2) is 0 Å². The largest absolute Gasteiger partial charge is 0.489 e. The van der Waals surface area contributed by atoms with Gasteiger partial charge in [0, 0.05) is 24.6 Å². The van der Waals surface area contributed by atoms with Gasteiger partial charge in [-0.3, -0.25) is 4.79 Å². The Bertz CT molecular complexity index is 689. The number of amides is 1. The zero-order valence-electron chi connectivity index (χ0n) is 15.7. The number of fused-ring (bicyclic) bond motifs is 3. The van der Waals surface area contributed by atoms with E-state index in [1.807, 2.05) is 13.0 Å². The van der Waals surface area contributed by atoms with Crippen LogP contribution in [-0.4, -0.2) is 26.1 Å². The molecule has 5 heteroatoms. The van der Waals surface area contributed by atoms with Crippen molar-refractivity contribution >= 4 is 5.91 Å². The van der Waals surface area contributed by atoms with Crippen LogP contribution in [-0.2, 0) is 10.2 Å². The minimum absolute atomic E-state index is 0.147. The Morgan fingerprint density at radius 3 is 2.42 bits per heavy atom. The van der Waals surface area contributed by atoms with Crippen LogP contribution in [0.3, 0.4) is 0 Å². The molecule has 2 bridgehead atoms. The third-order valence-electron chi connectivity index (χ3n) is 6.57. The number of halogens is 1. The highest BCUT2D eigenvalue weighted by atomic mass is 19.1. The normalized spacial score (nSPS) is 28.1. The molecule has 0 radical (unpaired) electrons. The maximum absolute atomic E-state index is 12.6. The third kappa shape index (κ3) is 3.25. The zero-order chi connectivity index (χ0) is 18.8. The number of ether oxygens (including phenoxy) is 1. The van der Waals surface area contributed by atoms with Gasteiger partial charge in [-0.2, -0.15) is 0 Å². The third-order valence-corrected chi connectivity index (χ3v) is 6.57. The molecule has 142 valence electrons. The predicted octanol–water partition coefficient (Wildman–Crippen LogP) is 3.52. The van der Waals surface area contributed by atoms with E-state index in [0.29, 0.717) is 11.9 Å². The summed E-state index contributed by atoms with van der Waals surface area (Å²) in [5.74, 6) is 0.978. The van der Waals surface area contributed by atoms with E-state index in [2.05, 4.69) is 17.4 Å². The molecule has 0 unspecified atom stereocenters. The molecule has 0 heterocycles. The quantitative estimate of drug-likeness (QED) is 0.816. The number of carbonyl (C=O) groups is 1. The van der Waals surface area contributed by atoms with Crippen molar-refractivity contribution in [1.29, 1.82) is 0 Å². The van der Waals surface area contributed by atoms with Crippen molar-refractivity contribution in [2.45, 2.75) is 50.9 Å². The molecule has 1 aromatic rings. The standard InChI is InChI=1S/C21H29FN2O2/c1-15-11-17(3-4-18(15)26-14-16(12-22)13-23)20-5-8-21(9-6-20,10-7-20)19(25)24-2/h3-4,11-12H,5-10,13-14,23H2,1-2H3,(H,24,25)/b16-12-. The van der Waals surface area contributed by atoms with Crippen molar-refractivity contribution in [3.63, 3.8) is 0 Å². The zero-order valence-corrected chi connectivity index (χ0v) is 15.7. The van der Waals surface area contributed by atoms with Crippen LogP contribution in [0.4, 0.5) is 4.39 Å². The second-order valence-corrected chi connectivity index (χ2v) is 7.88. The molecule has 3 N–H and O–H groups in total. The molecule has 1 aromatic carbocycles. The fourth-order valence-electron chi connectivity index (χ4n) is 4.67. The monoisotopic (exact) mass is 360 g/mol. The highest BCUT2D eigenvalue weighted by Gasteiger charge is 2.52. The number of nitrogens with two attached hydrogens (primary N) is 1. The van der Waals surface area contributed by atoms with Crippen LogP contribution in [0, 0.1) is 12.3 Å². The minimum atomic E-state index is -0.147. The van der Waals surface area contributed by atoms with Gasteiger partial charge >= 0.3 is 0 Å². The summed E-state index contributed by atoms with van der Waals surface area (Å²) in [5.41, 5.74) is 8.34. The van der Waals surface area contributed by atoms with Crippen LogP contribution >= 0.6 is 0 Å². The van der Waals surface area contributed by atoms with Crippen LogP contribution in [0.1, 0.15) is 49.7 Å². The maximum Gasteiger partial charge on any atom is 0.225 e.